The Kier molecular flexibility index (Phi) is 5.54. The van der Waals surface area contributed by atoms with Crippen LogP contribution in [0.4, 0.5) is 0 Å². The molecule has 0 saturated carbocycles. The fourth-order valence-electron chi connectivity index (χ4n) is 1.86. The van der Waals surface area contributed by atoms with E-state index in [2.05, 4.69) is 15.5 Å². The highest BCUT2D eigenvalue weighted by Gasteiger charge is 2.21. The van der Waals surface area contributed by atoms with Crippen molar-refractivity contribution < 1.29 is 9.90 Å². The summed E-state index contributed by atoms with van der Waals surface area (Å²) in [5.74, 6) is 0.0594. The molecule has 120 valence electrons. The number of benzene rings is 1. The van der Waals surface area contributed by atoms with E-state index in [-0.39, 0.29) is 16.9 Å². The molecule has 1 atom stereocenters. The Morgan fingerprint density at radius 2 is 2.17 bits per heavy atom. The molecule has 9 heteroatoms. The standard InChI is InChI=1S/C14H16N6O2S/c1-10(13(22)19(2)9-3-8-15)23-14-16-17-18-20(14)11-4-6-12(21)7-5-11/h4-7,10,21H,3,9H2,1-2H3/t10-/m0/s1. The van der Waals surface area contributed by atoms with Crippen LogP contribution >= 0.6 is 11.8 Å². The van der Waals surface area contributed by atoms with E-state index in [1.54, 1.807) is 26.1 Å². The highest BCUT2D eigenvalue weighted by atomic mass is 32.2. The summed E-state index contributed by atoms with van der Waals surface area (Å²) in [5, 5.41) is 29.5. The van der Waals surface area contributed by atoms with Gasteiger partial charge < -0.3 is 10.0 Å². The molecule has 0 aliphatic carbocycles. The summed E-state index contributed by atoms with van der Waals surface area (Å²) in [6, 6.07) is 8.45. The third-order valence-corrected chi connectivity index (χ3v) is 4.12. The van der Waals surface area contributed by atoms with Crippen molar-refractivity contribution in [2.45, 2.75) is 23.8 Å². The minimum absolute atomic E-state index is 0.0921. The first-order chi connectivity index (χ1) is 11.0. The molecule has 0 bridgehead atoms. The molecule has 0 saturated heterocycles. The van der Waals surface area contributed by atoms with Gasteiger partial charge in [-0.05, 0) is 41.6 Å². The van der Waals surface area contributed by atoms with Gasteiger partial charge in [0.05, 0.1) is 23.4 Å². The van der Waals surface area contributed by atoms with Crippen LogP contribution in [0.2, 0.25) is 0 Å². The van der Waals surface area contributed by atoms with Crippen LogP contribution in [0.5, 0.6) is 5.75 Å². The predicted octanol–water partition coefficient (Wildman–Crippen LogP) is 1.22. The van der Waals surface area contributed by atoms with Gasteiger partial charge in [0.2, 0.25) is 11.1 Å². The minimum atomic E-state index is -0.388. The predicted molar refractivity (Wildman–Crippen MR) is 84.0 cm³/mol. The summed E-state index contributed by atoms with van der Waals surface area (Å²) in [6.45, 7) is 2.16. The van der Waals surface area contributed by atoms with E-state index in [9.17, 15) is 9.90 Å². The maximum absolute atomic E-state index is 12.3. The van der Waals surface area contributed by atoms with E-state index in [1.165, 1.54) is 33.5 Å². The van der Waals surface area contributed by atoms with Gasteiger partial charge in [-0.1, -0.05) is 11.8 Å². The molecular formula is C14H16N6O2S. The van der Waals surface area contributed by atoms with E-state index >= 15 is 0 Å². The number of aromatic nitrogens is 4. The van der Waals surface area contributed by atoms with Crippen LogP contribution in [0.25, 0.3) is 5.69 Å². The van der Waals surface area contributed by atoms with Gasteiger partial charge in [0.15, 0.2) is 0 Å². The third-order valence-electron chi connectivity index (χ3n) is 3.10. The monoisotopic (exact) mass is 332 g/mol. The Labute approximate surface area is 137 Å². The Morgan fingerprint density at radius 1 is 1.48 bits per heavy atom. The molecule has 0 unspecified atom stereocenters. The number of nitriles is 1. The van der Waals surface area contributed by atoms with Crippen LogP contribution in [-0.4, -0.2) is 55.0 Å². The Morgan fingerprint density at radius 3 is 2.83 bits per heavy atom. The summed E-state index contributed by atoms with van der Waals surface area (Å²) >= 11 is 1.24. The summed E-state index contributed by atoms with van der Waals surface area (Å²) in [5.41, 5.74) is 0.688. The van der Waals surface area contributed by atoms with Crippen LogP contribution in [0.1, 0.15) is 13.3 Å². The summed E-state index contributed by atoms with van der Waals surface area (Å²) in [6.07, 6.45) is 0.297. The highest BCUT2D eigenvalue weighted by Crippen LogP contribution is 2.24. The van der Waals surface area contributed by atoms with Crippen molar-refractivity contribution >= 4 is 17.7 Å². The average molecular weight is 332 g/mol. The highest BCUT2D eigenvalue weighted by molar-refractivity contribution is 8.00. The van der Waals surface area contributed by atoms with Crippen molar-refractivity contribution in [2.24, 2.45) is 0 Å². The van der Waals surface area contributed by atoms with E-state index in [1.807, 2.05) is 6.07 Å². The van der Waals surface area contributed by atoms with Gasteiger partial charge >= 0.3 is 0 Å². The lowest BCUT2D eigenvalue weighted by Gasteiger charge is -2.19. The zero-order chi connectivity index (χ0) is 16.8. The number of thioether (sulfide) groups is 1. The number of rotatable bonds is 6. The lowest BCUT2D eigenvalue weighted by atomic mass is 10.3. The van der Waals surface area contributed by atoms with E-state index in [0.29, 0.717) is 23.8 Å². The second kappa shape index (κ2) is 7.60. The summed E-state index contributed by atoms with van der Waals surface area (Å²) < 4.78 is 1.50. The normalized spacial score (nSPS) is 11.7. The Hall–Kier alpha value is -2.60. The maximum Gasteiger partial charge on any atom is 0.235 e. The molecule has 1 aromatic heterocycles. The van der Waals surface area contributed by atoms with Crippen LogP contribution in [0.3, 0.4) is 0 Å². The van der Waals surface area contributed by atoms with E-state index < -0.39 is 0 Å². The van der Waals surface area contributed by atoms with Crippen molar-refractivity contribution in [3.8, 4) is 17.5 Å². The molecule has 23 heavy (non-hydrogen) atoms. The SMILES string of the molecule is C[C@H](Sc1nnnn1-c1ccc(O)cc1)C(=O)N(C)CCC#N. The first kappa shape index (κ1) is 16.8. The van der Waals surface area contributed by atoms with Gasteiger partial charge in [-0.3, -0.25) is 4.79 Å². The number of hydrogen-bond donors (Lipinski definition) is 1. The van der Waals surface area contributed by atoms with Crippen molar-refractivity contribution in [2.75, 3.05) is 13.6 Å². The van der Waals surface area contributed by atoms with Crippen molar-refractivity contribution in [3.63, 3.8) is 0 Å². The molecule has 0 aliphatic heterocycles. The maximum atomic E-state index is 12.3. The molecule has 0 spiro atoms. The topological polar surface area (TPSA) is 108 Å². The number of hydrogen-bond acceptors (Lipinski definition) is 7. The molecule has 1 heterocycles. The molecule has 8 nitrogen and oxygen atoms in total. The smallest absolute Gasteiger partial charge is 0.235 e. The van der Waals surface area contributed by atoms with Gasteiger partial charge in [0, 0.05) is 13.6 Å². The number of aromatic hydroxyl groups is 1. The minimum Gasteiger partial charge on any atom is -0.508 e. The zero-order valence-corrected chi connectivity index (χ0v) is 13.6. The van der Waals surface area contributed by atoms with Crippen molar-refractivity contribution in [1.29, 1.82) is 5.26 Å². The van der Waals surface area contributed by atoms with E-state index in [0.717, 1.165) is 0 Å². The average Bonchev–Trinajstić information content (AvgIpc) is 3.00. The van der Waals surface area contributed by atoms with Gasteiger partial charge in [0.25, 0.3) is 0 Å². The van der Waals surface area contributed by atoms with Gasteiger partial charge in [-0.25, -0.2) is 0 Å². The van der Waals surface area contributed by atoms with E-state index in [4.69, 9.17) is 5.26 Å². The molecule has 2 aromatic rings. The molecule has 0 fully saturated rings. The third kappa shape index (κ3) is 4.20. The zero-order valence-electron chi connectivity index (χ0n) is 12.7. The molecule has 1 aromatic carbocycles. The van der Waals surface area contributed by atoms with Crippen molar-refractivity contribution in [1.82, 2.24) is 25.1 Å². The van der Waals surface area contributed by atoms with Crippen LogP contribution < -0.4 is 0 Å². The Balaban J connectivity index is 2.09. The lowest BCUT2D eigenvalue weighted by Crippen LogP contribution is -2.34. The van der Waals surface area contributed by atoms with Gasteiger partial charge in [-0.15, -0.1) is 5.10 Å². The first-order valence-electron chi connectivity index (χ1n) is 6.89. The number of tetrazole rings is 1. The number of nitrogens with zero attached hydrogens (tertiary/aromatic N) is 6. The van der Waals surface area contributed by atoms with Crippen LogP contribution in [0.15, 0.2) is 29.4 Å². The Bertz CT molecular complexity index is 709. The fraction of sp³-hybridized carbons (Fsp3) is 0.357. The number of phenols is 1. The summed E-state index contributed by atoms with van der Waals surface area (Å²) in [4.78, 5) is 13.8. The quantitative estimate of drug-likeness (QED) is 0.792. The van der Waals surface area contributed by atoms with Crippen molar-refractivity contribution in [3.05, 3.63) is 24.3 Å². The molecule has 0 aliphatic rings. The van der Waals surface area contributed by atoms with Crippen LogP contribution in [0, 0.1) is 11.3 Å². The van der Waals surface area contributed by atoms with Gasteiger partial charge in [0.1, 0.15) is 5.75 Å². The molecule has 0 radical (unpaired) electrons. The second-order valence-electron chi connectivity index (χ2n) is 4.82. The number of phenolic OH excluding ortho intramolecular Hbond substituents is 1. The number of amides is 1. The fourth-order valence-corrected chi connectivity index (χ4v) is 2.78. The lowest BCUT2D eigenvalue weighted by molar-refractivity contribution is -0.128. The van der Waals surface area contributed by atoms with Gasteiger partial charge in [-0.2, -0.15) is 9.94 Å². The molecule has 1 amide bonds. The first-order valence-corrected chi connectivity index (χ1v) is 7.77. The number of carbonyl (C=O) groups excluding carboxylic acids is 1. The molecule has 1 N–H and O–H groups in total. The number of carbonyl (C=O) groups is 1. The van der Waals surface area contributed by atoms with Crippen LogP contribution in [-0.2, 0) is 4.79 Å². The molecular weight excluding hydrogens is 316 g/mol. The molecule has 2 rings (SSSR count). The summed E-state index contributed by atoms with van der Waals surface area (Å²) in [7, 11) is 1.67. The largest absolute Gasteiger partial charge is 0.508 e. The second-order valence-corrected chi connectivity index (χ2v) is 6.13.